The van der Waals surface area contributed by atoms with Crippen molar-refractivity contribution >= 4 is 22.8 Å². The van der Waals surface area contributed by atoms with E-state index in [0.29, 0.717) is 55.7 Å². The van der Waals surface area contributed by atoms with Gasteiger partial charge in [0.1, 0.15) is 5.52 Å². The molecule has 1 saturated heterocycles. The van der Waals surface area contributed by atoms with E-state index < -0.39 is 0 Å². The number of carbonyl (C=O) groups is 1. The Bertz CT molecular complexity index is 1350. The van der Waals surface area contributed by atoms with Crippen LogP contribution in [0.3, 0.4) is 0 Å². The number of carbonyl (C=O) groups excluding carboxylic acids is 1. The van der Waals surface area contributed by atoms with Crippen LogP contribution in [0.5, 0.6) is 0 Å². The number of nitrogens with one attached hydrogen (secondary N) is 1. The Morgan fingerprint density at radius 1 is 1.14 bits per heavy atom. The average Bonchev–Trinajstić information content (AvgIpc) is 3.54. The molecule has 0 aliphatic carbocycles. The standard InChI is InChI=1S/C26H31N7O3/c1-18-6-4-7-19(14-18)20-16-28-33(17-20)26-29-21-15-22(25(34)27-8-5-9-31(2)3)36-23(21)24(30-26)32-10-12-35-13-11-32/h4,6-7,14-17H,5,8-13H2,1-3H3,(H,27,34). The van der Waals surface area contributed by atoms with Gasteiger partial charge in [-0.1, -0.05) is 29.8 Å². The molecular weight excluding hydrogens is 458 g/mol. The van der Waals surface area contributed by atoms with Crippen LogP contribution in [-0.2, 0) is 4.74 Å². The van der Waals surface area contributed by atoms with Crippen molar-refractivity contribution in [1.82, 2.24) is 30.0 Å². The highest BCUT2D eigenvalue weighted by molar-refractivity contribution is 5.97. The highest BCUT2D eigenvalue weighted by Crippen LogP contribution is 2.29. The first kappa shape index (κ1) is 24.0. The van der Waals surface area contributed by atoms with E-state index in [0.717, 1.165) is 24.1 Å². The molecule has 5 rings (SSSR count). The summed E-state index contributed by atoms with van der Waals surface area (Å²) in [7, 11) is 4.02. The van der Waals surface area contributed by atoms with Gasteiger partial charge in [0.2, 0.25) is 0 Å². The molecule has 1 N–H and O–H groups in total. The summed E-state index contributed by atoms with van der Waals surface area (Å²) < 4.78 is 13.2. The Balaban J connectivity index is 1.48. The van der Waals surface area contributed by atoms with Crippen LogP contribution in [0.4, 0.5) is 5.82 Å². The third-order valence-electron chi connectivity index (χ3n) is 6.08. The molecule has 1 amide bonds. The monoisotopic (exact) mass is 489 g/mol. The number of rotatable bonds is 8. The van der Waals surface area contributed by atoms with Crippen LogP contribution >= 0.6 is 0 Å². The van der Waals surface area contributed by atoms with Gasteiger partial charge in [-0.2, -0.15) is 10.1 Å². The Morgan fingerprint density at radius 3 is 2.75 bits per heavy atom. The second-order valence-electron chi connectivity index (χ2n) is 9.23. The fourth-order valence-electron chi connectivity index (χ4n) is 4.20. The molecule has 4 heterocycles. The topological polar surface area (TPSA) is 102 Å². The molecule has 0 bridgehead atoms. The lowest BCUT2D eigenvalue weighted by molar-refractivity contribution is 0.0926. The maximum Gasteiger partial charge on any atom is 0.287 e. The molecule has 0 unspecified atom stereocenters. The van der Waals surface area contributed by atoms with Crippen LogP contribution in [0.2, 0.25) is 0 Å². The van der Waals surface area contributed by atoms with Gasteiger partial charge >= 0.3 is 0 Å². The number of ether oxygens (including phenoxy) is 1. The summed E-state index contributed by atoms with van der Waals surface area (Å²) in [5.41, 5.74) is 4.28. The number of fused-ring (bicyclic) bond motifs is 1. The van der Waals surface area contributed by atoms with E-state index in [9.17, 15) is 4.79 Å². The predicted octanol–water partition coefficient (Wildman–Crippen LogP) is 2.90. The quantitative estimate of drug-likeness (QED) is 0.377. The number of anilines is 1. The van der Waals surface area contributed by atoms with E-state index in [1.165, 1.54) is 5.56 Å². The molecule has 0 saturated carbocycles. The zero-order valence-corrected chi connectivity index (χ0v) is 20.9. The van der Waals surface area contributed by atoms with E-state index in [4.69, 9.17) is 19.1 Å². The summed E-state index contributed by atoms with van der Waals surface area (Å²) in [4.78, 5) is 26.5. The summed E-state index contributed by atoms with van der Waals surface area (Å²) in [6.07, 6.45) is 4.57. The van der Waals surface area contributed by atoms with Crippen molar-refractivity contribution in [3.05, 3.63) is 54.0 Å². The van der Waals surface area contributed by atoms with Gasteiger partial charge in [-0.15, -0.1) is 0 Å². The molecule has 3 aromatic heterocycles. The predicted molar refractivity (Wildman–Crippen MR) is 138 cm³/mol. The summed E-state index contributed by atoms with van der Waals surface area (Å²) >= 11 is 0. The molecule has 1 aliphatic rings. The second-order valence-corrected chi connectivity index (χ2v) is 9.23. The molecule has 188 valence electrons. The first-order valence-corrected chi connectivity index (χ1v) is 12.2. The summed E-state index contributed by atoms with van der Waals surface area (Å²) in [6.45, 7) is 6.06. The molecule has 4 aromatic rings. The first-order chi connectivity index (χ1) is 17.5. The van der Waals surface area contributed by atoms with Crippen molar-refractivity contribution in [2.75, 3.05) is 58.4 Å². The van der Waals surface area contributed by atoms with E-state index in [1.807, 2.05) is 26.4 Å². The zero-order valence-electron chi connectivity index (χ0n) is 20.9. The second kappa shape index (κ2) is 10.5. The lowest BCUT2D eigenvalue weighted by Gasteiger charge is -2.27. The van der Waals surface area contributed by atoms with Crippen molar-refractivity contribution < 1.29 is 13.9 Å². The first-order valence-electron chi connectivity index (χ1n) is 12.2. The molecule has 10 nitrogen and oxygen atoms in total. The number of benzene rings is 1. The minimum Gasteiger partial charge on any atom is -0.445 e. The maximum atomic E-state index is 12.8. The molecule has 1 fully saturated rings. The van der Waals surface area contributed by atoms with Crippen LogP contribution in [-0.4, -0.2) is 84.0 Å². The van der Waals surface area contributed by atoms with Crippen LogP contribution < -0.4 is 10.2 Å². The molecule has 0 radical (unpaired) electrons. The Morgan fingerprint density at radius 2 is 1.97 bits per heavy atom. The molecule has 36 heavy (non-hydrogen) atoms. The van der Waals surface area contributed by atoms with Gasteiger partial charge in [0.15, 0.2) is 17.2 Å². The van der Waals surface area contributed by atoms with Crippen molar-refractivity contribution in [1.29, 1.82) is 0 Å². The number of nitrogens with zero attached hydrogens (tertiary/aromatic N) is 6. The summed E-state index contributed by atoms with van der Waals surface area (Å²) in [6, 6.07) is 9.94. The molecular formula is C26H31N7O3. The molecule has 0 atom stereocenters. The average molecular weight is 490 g/mol. The normalized spacial score (nSPS) is 14.1. The van der Waals surface area contributed by atoms with Crippen LogP contribution in [0.1, 0.15) is 22.5 Å². The minimum atomic E-state index is -0.262. The minimum absolute atomic E-state index is 0.219. The summed E-state index contributed by atoms with van der Waals surface area (Å²) in [5.74, 6) is 1.01. The van der Waals surface area contributed by atoms with E-state index in [1.54, 1.807) is 16.9 Å². The van der Waals surface area contributed by atoms with Crippen molar-refractivity contribution in [2.45, 2.75) is 13.3 Å². The third kappa shape index (κ3) is 5.24. The highest BCUT2D eigenvalue weighted by Gasteiger charge is 2.23. The number of aryl methyl sites for hydroxylation is 1. The SMILES string of the molecule is Cc1cccc(-c2cnn(-c3nc(N4CCOCC4)c4oc(C(=O)NCCCN(C)C)cc4n3)c2)c1. The number of aromatic nitrogens is 4. The van der Waals surface area contributed by atoms with Crippen LogP contribution in [0.25, 0.3) is 28.2 Å². The van der Waals surface area contributed by atoms with Gasteiger partial charge in [0, 0.05) is 37.5 Å². The molecule has 0 spiro atoms. The highest BCUT2D eigenvalue weighted by atomic mass is 16.5. The lowest BCUT2D eigenvalue weighted by atomic mass is 10.1. The van der Waals surface area contributed by atoms with Crippen molar-refractivity contribution in [2.24, 2.45) is 0 Å². The number of hydrogen-bond donors (Lipinski definition) is 1. The Labute approximate surface area is 209 Å². The van der Waals surface area contributed by atoms with Crippen molar-refractivity contribution in [3.63, 3.8) is 0 Å². The van der Waals surface area contributed by atoms with Gasteiger partial charge in [-0.3, -0.25) is 4.79 Å². The van der Waals surface area contributed by atoms with E-state index in [-0.39, 0.29) is 11.7 Å². The fraction of sp³-hybridized carbons (Fsp3) is 0.385. The number of hydrogen-bond acceptors (Lipinski definition) is 8. The van der Waals surface area contributed by atoms with Crippen LogP contribution in [0, 0.1) is 6.92 Å². The Kier molecular flexibility index (Phi) is 6.97. The smallest absolute Gasteiger partial charge is 0.287 e. The number of amides is 1. The van der Waals surface area contributed by atoms with Crippen molar-refractivity contribution in [3.8, 4) is 17.1 Å². The largest absolute Gasteiger partial charge is 0.445 e. The Hall–Kier alpha value is -3.76. The van der Waals surface area contributed by atoms with Gasteiger partial charge in [0.05, 0.1) is 19.4 Å². The molecule has 10 heteroatoms. The lowest BCUT2D eigenvalue weighted by Crippen LogP contribution is -2.37. The van der Waals surface area contributed by atoms with Gasteiger partial charge in [0.25, 0.3) is 11.9 Å². The zero-order chi connectivity index (χ0) is 25.1. The summed E-state index contributed by atoms with van der Waals surface area (Å²) in [5, 5.41) is 7.45. The van der Waals surface area contributed by atoms with Crippen LogP contribution in [0.15, 0.2) is 47.1 Å². The van der Waals surface area contributed by atoms with Gasteiger partial charge in [-0.25, -0.2) is 9.67 Å². The fourth-order valence-corrected chi connectivity index (χ4v) is 4.20. The molecule has 1 aromatic carbocycles. The molecule has 1 aliphatic heterocycles. The number of furan rings is 1. The van der Waals surface area contributed by atoms with Gasteiger partial charge in [-0.05, 0) is 39.5 Å². The van der Waals surface area contributed by atoms with E-state index in [2.05, 4.69) is 45.3 Å². The number of morpholine rings is 1. The van der Waals surface area contributed by atoms with Gasteiger partial charge < -0.3 is 24.3 Å². The maximum absolute atomic E-state index is 12.8. The third-order valence-corrected chi connectivity index (χ3v) is 6.08. The van der Waals surface area contributed by atoms with E-state index >= 15 is 0 Å².